The zero-order chi connectivity index (χ0) is 27.3. The van der Waals surface area contributed by atoms with Crippen molar-refractivity contribution in [2.45, 2.75) is 142 Å². The number of aliphatic hydroxyl groups excluding tert-OH is 3. The van der Waals surface area contributed by atoms with Crippen LogP contribution in [0.25, 0.3) is 0 Å². The van der Waals surface area contributed by atoms with Crippen LogP contribution in [0.15, 0.2) is 35.5 Å². The molecule has 4 rings (SSSR count). The molecule has 214 valence electrons. The van der Waals surface area contributed by atoms with Gasteiger partial charge in [0.25, 0.3) is 0 Å². The standard InChI is InChI=1S/C34H54O4/c1-4-5-6-7-8-11-31(37)34(19-20-34)32(38)17-12-24(2)29-15-16-30-26(10-9-18-33(29,30)3)14-13-25-21-27(35)23-28(36)22-25/h12-14,17,24,27-30,32,35-36,38H,4-11,15-16,18-23H2,1-3H3/t24-,27-,28-,29-,30+,32+,33-/m1/s1. The monoisotopic (exact) mass is 526 g/mol. The van der Waals surface area contributed by atoms with E-state index in [4.69, 9.17) is 0 Å². The molecular weight excluding hydrogens is 472 g/mol. The Labute approximate surface area is 231 Å². The molecule has 0 aromatic rings. The van der Waals surface area contributed by atoms with Gasteiger partial charge in [0.1, 0.15) is 5.78 Å². The normalized spacial score (nSPS) is 35.3. The first-order valence-electron chi connectivity index (χ1n) is 15.8. The molecule has 38 heavy (non-hydrogen) atoms. The summed E-state index contributed by atoms with van der Waals surface area (Å²) in [4.78, 5) is 13.0. The highest BCUT2D eigenvalue weighted by Crippen LogP contribution is 2.59. The van der Waals surface area contributed by atoms with E-state index in [0.29, 0.717) is 43.4 Å². The van der Waals surface area contributed by atoms with Crippen LogP contribution in [-0.4, -0.2) is 39.4 Å². The average Bonchev–Trinajstić information content (AvgIpc) is 3.61. The van der Waals surface area contributed by atoms with Crippen molar-refractivity contribution < 1.29 is 20.1 Å². The molecule has 0 bridgehead atoms. The third kappa shape index (κ3) is 6.73. The maximum Gasteiger partial charge on any atom is 0.141 e. The largest absolute Gasteiger partial charge is 0.393 e. The van der Waals surface area contributed by atoms with Gasteiger partial charge in [-0.15, -0.1) is 0 Å². The fraction of sp³-hybridized carbons (Fsp3) is 0.794. The van der Waals surface area contributed by atoms with Crippen molar-refractivity contribution in [2.75, 3.05) is 0 Å². The SMILES string of the molecule is CCCCCCCC(=O)C1([C@@H](O)C=C[C@@H](C)[C@H]2CC[C@H]3C(=CC=C4C[C@@H](O)C[C@H](O)C4)CCC[C@]23C)CC1. The number of hydrogen-bond acceptors (Lipinski definition) is 4. The van der Waals surface area contributed by atoms with Crippen molar-refractivity contribution in [3.05, 3.63) is 35.5 Å². The van der Waals surface area contributed by atoms with Crippen LogP contribution in [0.1, 0.15) is 124 Å². The third-order valence-corrected chi connectivity index (χ3v) is 10.8. The number of fused-ring (bicyclic) bond motifs is 1. The Balaban J connectivity index is 1.35. The molecule has 0 radical (unpaired) electrons. The lowest BCUT2D eigenvalue weighted by Gasteiger charge is -2.44. The topological polar surface area (TPSA) is 77.8 Å². The highest BCUT2D eigenvalue weighted by molar-refractivity contribution is 5.88. The number of ketones is 1. The average molecular weight is 527 g/mol. The van der Waals surface area contributed by atoms with Crippen molar-refractivity contribution in [1.82, 2.24) is 0 Å². The first-order valence-corrected chi connectivity index (χ1v) is 15.8. The first-order chi connectivity index (χ1) is 18.2. The zero-order valence-electron chi connectivity index (χ0n) is 24.3. The Morgan fingerprint density at radius 1 is 1.00 bits per heavy atom. The minimum absolute atomic E-state index is 0.258. The lowest BCUT2D eigenvalue weighted by molar-refractivity contribution is -0.127. The lowest BCUT2D eigenvalue weighted by atomic mass is 9.61. The van der Waals surface area contributed by atoms with E-state index in [9.17, 15) is 20.1 Å². The Morgan fingerprint density at radius 3 is 2.39 bits per heavy atom. The van der Waals surface area contributed by atoms with Gasteiger partial charge in [0.05, 0.1) is 23.7 Å². The molecule has 0 aromatic carbocycles. The van der Waals surface area contributed by atoms with Gasteiger partial charge in [0.15, 0.2) is 0 Å². The van der Waals surface area contributed by atoms with Gasteiger partial charge in [-0.1, -0.05) is 81.9 Å². The summed E-state index contributed by atoms with van der Waals surface area (Å²) in [5, 5.41) is 31.2. The highest BCUT2D eigenvalue weighted by Gasteiger charge is 2.54. The van der Waals surface area contributed by atoms with Gasteiger partial charge in [-0.2, -0.15) is 0 Å². The Kier molecular flexibility index (Phi) is 10.1. The minimum atomic E-state index is -0.646. The summed E-state index contributed by atoms with van der Waals surface area (Å²) in [5.74, 6) is 1.82. The summed E-state index contributed by atoms with van der Waals surface area (Å²) in [6.45, 7) is 7.00. The van der Waals surface area contributed by atoms with E-state index >= 15 is 0 Å². The maximum atomic E-state index is 13.0. The molecule has 4 heteroatoms. The zero-order valence-corrected chi connectivity index (χ0v) is 24.3. The van der Waals surface area contributed by atoms with Gasteiger partial charge in [0, 0.05) is 6.42 Å². The van der Waals surface area contributed by atoms with Crippen LogP contribution in [0.4, 0.5) is 0 Å². The molecule has 3 N–H and O–H groups in total. The van der Waals surface area contributed by atoms with E-state index in [2.05, 4.69) is 39.0 Å². The summed E-state index contributed by atoms with van der Waals surface area (Å²) in [6.07, 6.45) is 23.1. The van der Waals surface area contributed by atoms with Crippen LogP contribution < -0.4 is 0 Å². The number of aliphatic hydroxyl groups is 3. The second kappa shape index (κ2) is 13.0. The molecule has 0 aliphatic heterocycles. The predicted octanol–water partition coefficient (Wildman–Crippen LogP) is 7.22. The van der Waals surface area contributed by atoms with Crippen LogP contribution in [-0.2, 0) is 4.79 Å². The molecule has 0 heterocycles. The Morgan fingerprint density at radius 2 is 1.71 bits per heavy atom. The predicted molar refractivity (Wildman–Crippen MR) is 155 cm³/mol. The smallest absolute Gasteiger partial charge is 0.141 e. The van der Waals surface area contributed by atoms with Gasteiger partial charge in [-0.05, 0) is 93.8 Å². The summed E-state index contributed by atoms with van der Waals surface area (Å²) >= 11 is 0. The first kappa shape index (κ1) is 29.7. The van der Waals surface area contributed by atoms with E-state index < -0.39 is 23.7 Å². The van der Waals surface area contributed by atoms with Gasteiger partial charge in [-0.3, -0.25) is 4.79 Å². The molecular formula is C34H54O4. The minimum Gasteiger partial charge on any atom is -0.393 e. The van der Waals surface area contributed by atoms with E-state index in [1.54, 1.807) is 5.57 Å². The van der Waals surface area contributed by atoms with Crippen LogP contribution >= 0.6 is 0 Å². The molecule has 0 spiro atoms. The second-order valence-corrected chi connectivity index (χ2v) is 13.5. The van der Waals surface area contributed by atoms with Crippen molar-refractivity contribution in [2.24, 2.45) is 28.6 Å². The molecule has 0 unspecified atom stereocenters. The van der Waals surface area contributed by atoms with Crippen molar-refractivity contribution in [3.63, 3.8) is 0 Å². The molecule has 0 saturated heterocycles. The van der Waals surface area contributed by atoms with Crippen LogP contribution in [0, 0.1) is 28.6 Å². The Bertz CT molecular complexity index is 884. The van der Waals surface area contributed by atoms with E-state index in [0.717, 1.165) is 32.1 Å². The number of rotatable bonds is 12. The van der Waals surface area contributed by atoms with Gasteiger partial charge in [0.2, 0.25) is 0 Å². The summed E-state index contributed by atoms with van der Waals surface area (Å²) < 4.78 is 0. The van der Waals surface area contributed by atoms with E-state index in [1.165, 1.54) is 50.5 Å². The van der Waals surface area contributed by atoms with Gasteiger partial charge < -0.3 is 15.3 Å². The fourth-order valence-electron chi connectivity index (χ4n) is 8.28. The second-order valence-electron chi connectivity index (χ2n) is 13.5. The molecule has 4 aliphatic carbocycles. The van der Waals surface area contributed by atoms with E-state index in [1.807, 2.05) is 6.08 Å². The fourth-order valence-corrected chi connectivity index (χ4v) is 8.28. The lowest BCUT2D eigenvalue weighted by Crippen LogP contribution is -2.35. The molecule has 4 aliphatic rings. The van der Waals surface area contributed by atoms with E-state index in [-0.39, 0.29) is 11.2 Å². The summed E-state index contributed by atoms with van der Waals surface area (Å²) in [6, 6.07) is 0. The molecule has 0 aromatic heterocycles. The van der Waals surface area contributed by atoms with Crippen LogP contribution in [0.3, 0.4) is 0 Å². The number of hydrogen-bond donors (Lipinski definition) is 3. The number of Topliss-reactive ketones (excluding diaryl/α,β-unsaturated/α-hetero) is 1. The van der Waals surface area contributed by atoms with Gasteiger partial charge in [-0.25, -0.2) is 0 Å². The molecule has 7 atom stereocenters. The number of carbonyl (C=O) groups excluding carboxylic acids is 1. The summed E-state index contributed by atoms with van der Waals surface area (Å²) in [7, 11) is 0. The quantitative estimate of drug-likeness (QED) is 0.185. The third-order valence-electron chi connectivity index (χ3n) is 10.8. The van der Waals surface area contributed by atoms with Crippen LogP contribution in [0.2, 0.25) is 0 Å². The number of carbonyl (C=O) groups is 1. The molecule has 4 saturated carbocycles. The Hall–Kier alpha value is -1.23. The number of allylic oxidation sites excluding steroid dienone is 4. The van der Waals surface area contributed by atoms with Crippen LogP contribution in [0.5, 0.6) is 0 Å². The molecule has 0 amide bonds. The van der Waals surface area contributed by atoms with Crippen molar-refractivity contribution in [1.29, 1.82) is 0 Å². The molecule has 4 fully saturated rings. The highest BCUT2D eigenvalue weighted by atomic mass is 16.3. The maximum absolute atomic E-state index is 13.0. The number of unbranched alkanes of at least 4 members (excludes halogenated alkanes) is 4. The molecule has 4 nitrogen and oxygen atoms in total. The van der Waals surface area contributed by atoms with Gasteiger partial charge >= 0.3 is 0 Å². The van der Waals surface area contributed by atoms with Crippen molar-refractivity contribution >= 4 is 5.78 Å². The van der Waals surface area contributed by atoms with Crippen molar-refractivity contribution in [3.8, 4) is 0 Å². The summed E-state index contributed by atoms with van der Waals surface area (Å²) in [5.41, 5.74) is 2.47.